The summed E-state index contributed by atoms with van der Waals surface area (Å²) in [5.41, 5.74) is -0.129. The van der Waals surface area contributed by atoms with E-state index in [9.17, 15) is 0 Å². The van der Waals surface area contributed by atoms with E-state index in [4.69, 9.17) is 20.9 Å². The van der Waals surface area contributed by atoms with Crippen LogP contribution in [0.1, 0.15) is 55.4 Å². The van der Waals surface area contributed by atoms with Gasteiger partial charge in [-0.2, -0.15) is 0 Å². The molecule has 41 heavy (non-hydrogen) atoms. The fraction of sp³-hybridized carbons (Fsp3) is 1.00. The number of nitrogens with zero attached hydrogens (tertiary/aromatic N) is 2. The van der Waals surface area contributed by atoms with Crippen molar-refractivity contribution in [3.05, 3.63) is 0 Å². The number of hydrogen-bond donors (Lipinski definition) is 0. The summed E-state index contributed by atoms with van der Waals surface area (Å²) < 4.78 is 33.6. The van der Waals surface area contributed by atoms with Gasteiger partial charge in [0.1, 0.15) is 0 Å². The summed E-state index contributed by atoms with van der Waals surface area (Å²) in [5, 5.41) is 0.396. The van der Waals surface area contributed by atoms with Gasteiger partial charge in [0.05, 0.1) is 9.52 Å². The zero-order valence-corrected chi connectivity index (χ0v) is 37.3. The van der Waals surface area contributed by atoms with Crippen molar-refractivity contribution in [2.45, 2.75) is 150 Å². The second-order valence-electron chi connectivity index (χ2n) is 14.5. The van der Waals surface area contributed by atoms with Gasteiger partial charge in [0.15, 0.2) is 16.6 Å². The molecule has 0 aromatic carbocycles. The van der Waals surface area contributed by atoms with Crippen molar-refractivity contribution < 1.29 is 20.9 Å². The molecule has 0 aromatic heterocycles. The average molecular weight is 697 g/mol. The fourth-order valence-electron chi connectivity index (χ4n) is 5.22. The lowest BCUT2D eigenvalue weighted by molar-refractivity contribution is 0.115. The third-order valence-electron chi connectivity index (χ3n) is 6.97. The largest absolute Gasteiger partial charge is 0.436 e. The Bertz CT molecular complexity index is 732. The lowest BCUT2D eigenvalue weighted by atomic mass is 10.2. The summed E-state index contributed by atoms with van der Waals surface area (Å²) >= 11 is 0. The van der Waals surface area contributed by atoms with Crippen molar-refractivity contribution in [2.75, 3.05) is 26.2 Å². The van der Waals surface area contributed by atoms with Gasteiger partial charge in [0.2, 0.25) is 9.76 Å². The Hall–Kier alpha value is 1.24. The Morgan fingerprint density at radius 1 is 0.634 bits per heavy atom. The molecule has 0 bridgehead atoms. The van der Waals surface area contributed by atoms with E-state index >= 15 is 0 Å². The standard InChI is InChI=1S/C27H68N2O5Si7/c1-19-28(20-2)26(29(21-3)22-4)35-23-24-37(9,10)31-39(13,14)33-41(17,18)34-40(15,16)32-38(11,12)25(5)36-30-27(6,7)8/h25-26H,19-24H2,1-18H3. The Labute approximate surface area is 266 Å². The zero-order valence-electron chi connectivity index (χ0n) is 30.3. The van der Waals surface area contributed by atoms with Crippen LogP contribution in [0, 0.1) is 0 Å². The maximum atomic E-state index is 6.94. The maximum absolute atomic E-state index is 6.94. The van der Waals surface area contributed by atoms with E-state index < -0.39 is 42.3 Å². The summed E-state index contributed by atoms with van der Waals surface area (Å²) in [6.45, 7) is 44.6. The van der Waals surface area contributed by atoms with Crippen LogP contribution in [0.15, 0.2) is 0 Å². The molecule has 0 N–H and O–H groups in total. The molecule has 0 aliphatic heterocycles. The molecule has 0 amide bonds. The van der Waals surface area contributed by atoms with E-state index in [1.54, 1.807) is 0 Å². The SMILES string of the molecule is CCN(CC)C([Si]CC[Si](C)(C)O[Si](C)(C)O[Si](C)(C)O[Si](C)(C)O[Si](C)(C)C(C)[Si]OC(C)(C)C)N(CC)CC. The Balaban J connectivity index is 5.25. The fourth-order valence-corrected chi connectivity index (χ4v) is 34.7. The van der Waals surface area contributed by atoms with Crippen LogP contribution in [0.5, 0.6) is 0 Å². The summed E-state index contributed by atoms with van der Waals surface area (Å²) in [7, 11) is -9.90. The van der Waals surface area contributed by atoms with Gasteiger partial charge in [-0.1, -0.05) is 40.7 Å². The van der Waals surface area contributed by atoms with Gasteiger partial charge in [0.25, 0.3) is 0 Å². The lowest BCUT2D eigenvalue weighted by Gasteiger charge is -2.43. The minimum Gasteiger partial charge on any atom is -0.436 e. The first-order valence-electron chi connectivity index (χ1n) is 15.8. The zero-order chi connectivity index (χ0) is 32.5. The minimum atomic E-state index is -2.48. The second kappa shape index (κ2) is 17.2. The first-order valence-corrected chi connectivity index (χ1v) is 32.6. The normalized spacial score (nSPS) is 15.4. The van der Waals surface area contributed by atoms with Crippen LogP contribution in [0.3, 0.4) is 0 Å². The van der Waals surface area contributed by atoms with Crippen molar-refractivity contribution >= 4 is 61.6 Å². The Morgan fingerprint density at radius 3 is 1.41 bits per heavy atom. The van der Waals surface area contributed by atoms with Gasteiger partial charge in [-0.3, -0.25) is 9.80 Å². The van der Waals surface area contributed by atoms with Crippen LogP contribution in [0.4, 0.5) is 0 Å². The second-order valence-corrected chi connectivity index (χ2v) is 37.6. The molecule has 0 aromatic rings. The number of hydrogen-bond acceptors (Lipinski definition) is 7. The van der Waals surface area contributed by atoms with E-state index in [0.717, 1.165) is 41.7 Å². The molecule has 0 spiro atoms. The van der Waals surface area contributed by atoms with Crippen LogP contribution in [0.25, 0.3) is 0 Å². The highest BCUT2D eigenvalue weighted by atomic mass is 28.5. The summed E-state index contributed by atoms with van der Waals surface area (Å²) in [4.78, 5) is 5.23. The first-order chi connectivity index (χ1) is 18.3. The van der Waals surface area contributed by atoms with Crippen LogP contribution >= 0.6 is 0 Å². The van der Waals surface area contributed by atoms with Crippen LogP contribution in [-0.4, -0.2) is 109 Å². The lowest BCUT2D eigenvalue weighted by Crippen LogP contribution is -2.59. The predicted molar refractivity (Wildman–Crippen MR) is 193 cm³/mol. The van der Waals surface area contributed by atoms with Crippen molar-refractivity contribution in [3.63, 3.8) is 0 Å². The highest BCUT2D eigenvalue weighted by molar-refractivity contribution is 6.92. The smallest absolute Gasteiger partial charge is 0.314 e. The van der Waals surface area contributed by atoms with E-state index in [1.165, 1.54) is 6.04 Å². The monoisotopic (exact) mass is 696 g/mol. The van der Waals surface area contributed by atoms with E-state index in [0.29, 0.717) is 20.7 Å². The molecular formula is C27H68N2O5Si7. The molecule has 14 heteroatoms. The van der Waals surface area contributed by atoms with E-state index in [1.807, 2.05) is 0 Å². The summed E-state index contributed by atoms with van der Waals surface area (Å²) in [5.74, 6) is 0.536. The van der Waals surface area contributed by atoms with Gasteiger partial charge in [0, 0.05) is 11.4 Å². The van der Waals surface area contributed by atoms with Gasteiger partial charge < -0.3 is 20.9 Å². The molecule has 7 nitrogen and oxygen atoms in total. The first kappa shape index (κ1) is 42.2. The van der Waals surface area contributed by atoms with Crippen molar-refractivity contribution in [1.29, 1.82) is 0 Å². The molecule has 244 valence electrons. The van der Waals surface area contributed by atoms with Crippen LogP contribution in [-0.2, 0) is 20.9 Å². The van der Waals surface area contributed by atoms with E-state index in [2.05, 4.69) is 131 Å². The highest BCUT2D eigenvalue weighted by Gasteiger charge is 2.47. The Morgan fingerprint density at radius 2 is 1.02 bits per heavy atom. The average Bonchev–Trinajstić information content (AvgIpc) is 2.74. The van der Waals surface area contributed by atoms with Gasteiger partial charge in [-0.25, -0.2) is 0 Å². The molecule has 1 unspecified atom stereocenters. The molecule has 0 saturated heterocycles. The molecule has 0 fully saturated rings. The highest BCUT2D eigenvalue weighted by Crippen LogP contribution is 2.31. The summed E-state index contributed by atoms with van der Waals surface area (Å²) in [6, 6.07) is 2.37. The van der Waals surface area contributed by atoms with Crippen LogP contribution in [0.2, 0.25) is 82.7 Å². The molecule has 0 aliphatic rings. The van der Waals surface area contributed by atoms with Gasteiger partial charge in [-0.15, -0.1) is 0 Å². The van der Waals surface area contributed by atoms with Gasteiger partial charge >= 0.3 is 25.7 Å². The maximum Gasteiger partial charge on any atom is 0.314 e. The molecule has 0 aliphatic carbocycles. The van der Waals surface area contributed by atoms with Crippen molar-refractivity contribution in [1.82, 2.24) is 9.80 Å². The third-order valence-corrected chi connectivity index (χ3v) is 32.3. The van der Waals surface area contributed by atoms with Gasteiger partial charge in [-0.05, 0) is 124 Å². The molecule has 0 saturated carbocycles. The molecule has 4 radical (unpaired) electrons. The number of rotatable bonds is 21. The quantitative estimate of drug-likeness (QED) is 0.0914. The molecule has 1 atom stereocenters. The van der Waals surface area contributed by atoms with Crippen molar-refractivity contribution in [2.24, 2.45) is 0 Å². The van der Waals surface area contributed by atoms with Crippen molar-refractivity contribution in [3.8, 4) is 0 Å². The third kappa shape index (κ3) is 17.5. The van der Waals surface area contributed by atoms with E-state index in [-0.39, 0.29) is 5.60 Å². The topological polar surface area (TPSA) is 52.6 Å². The predicted octanol–water partition coefficient (Wildman–Crippen LogP) is 7.44. The molecule has 0 rings (SSSR count). The van der Waals surface area contributed by atoms with Crippen LogP contribution < -0.4 is 0 Å². The summed E-state index contributed by atoms with van der Waals surface area (Å²) in [6.07, 6.45) is 0. The molecular weight excluding hydrogens is 629 g/mol. The molecule has 0 heterocycles. The minimum absolute atomic E-state index is 0.129. The Kier molecular flexibility index (Phi) is 17.8.